The fraction of sp³-hybridized carbons (Fsp3) is 0.316. The molecule has 152 valence electrons. The van der Waals surface area contributed by atoms with Crippen molar-refractivity contribution in [2.24, 2.45) is 0 Å². The Morgan fingerprint density at radius 1 is 1.00 bits per heavy atom. The molecule has 0 saturated heterocycles. The Balaban J connectivity index is 1.86. The molecular weight excluding hydrogens is 384 g/mol. The summed E-state index contributed by atoms with van der Waals surface area (Å²) in [5.74, 6) is 1.26. The van der Waals surface area contributed by atoms with Gasteiger partial charge in [-0.3, -0.25) is 4.79 Å². The Morgan fingerprint density at radius 3 is 2.21 bits per heavy atom. The number of nitrogens with one attached hydrogen (secondary N) is 1. The van der Waals surface area contributed by atoms with Gasteiger partial charge in [0.25, 0.3) is 5.91 Å². The Hall–Kier alpha value is -2.78. The second-order valence-corrected chi connectivity index (χ2v) is 8.08. The summed E-state index contributed by atoms with van der Waals surface area (Å²) in [6, 6.07) is 11.0. The molecule has 0 aliphatic carbocycles. The van der Waals surface area contributed by atoms with Gasteiger partial charge >= 0.3 is 0 Å². The van der Waals surface area contributed by atoms with Gasteiger partial charge < -0.3 is 19.5 Å². The maximum atomic E-state index is 12.2. The first kappa shape index (κ1) is 21.5. The number of sulfonamides is 1. The second kappa shape index (κ2) is 9.43. The van der Waals surface area contributed by atoms with Gasteiger partial charge in [0.05, 0.1) is 25.7 Å². The monoisotopic (exact) mass is 408 g/mol. The molecule has 0 fully saturated rings. The van der Waals surface area contributed by atoms with Crippen LogP contribution in [0, 0.1) is 0 Å². The zero-order valence-corrected chi connectivity index (χ0v) is 17.1. The van der Waals surface area contributed by atoms with Crippen LogP contribution in [0.4, 0.5) is 0 Å². The molecule has 0 heterocycles. The average Bonchev–Trinajstić information content (AvgIpc) is 2.70. The van der Waals surface area contributed by atoms with Crippen molar-refractivity contribution < 1.29 is 27.4 Å². The van der Waals surface area contributed by atoms with Crippen molar-refractivity contribution in [3.8, 4) is 17.2 Å². The van der Waals surface area contributed by atoms with E-state index in [0.717, 1.165) is 4.31 Å². The number of hydrogen-bond donors (Lipinski definition) is 1. The molecule has 0 saturated carbocycles. The number of ether oxygens (including phenoxy) is 3. The van der Waals surface area contributed by atoms with Crippen LogP contribution in [0.3, 0.4) is 0 Å². The van der Waals surface area contributed by atoms with Crippen LogP contribution in [0.5, 0.6) is 17.2 Å². The molecule has 1 N–H and O–H groups in total. The van der Waals surface area contributed by atoms with E-state index in [1.165, 1.54) is 40.4 Å². The fourth-order valence-electron chi connectivity index (χ4n) is 2.33. The molecule has 0 unspecified atom stereocenters. The lowest BCUT2D eigenvalue weighted by atomic mass is 10.2. The molecule has 0 aromatic heterocycles. The summed E-state index contributed by atoms with van der Waals surface area (Å²) in [4.78, 5) is 12.4. The van der Waals surface area contributed by atoms with Crippen molar-refractivity contribution in [2.75, 3.05) is 41.5 Å². The summed E-state index contributed by atoms with van der Waals surface area (Å²) in [6.45, 7) is 0.518. The minimum atomic E-state index is -3.47. The fourth-order valence-corrected chi connectivity index (χ4v) is 3.23. The molecular formula is C19H24N2O6S. The minimum Gasteiger partial charge on any atom is -0.493 e. The van der Waals surface area contributed by atoms with E-state index >= 15 is 0 Å². The van der Waals surface area contributed by atoms with Crippen LogP contribution in [0.15, 0.2) is 47.4 Å². The van der Waals surface area contributed by atoms with Crippen molar-refractivity contribution >= 4 is 15.9 Å². The molecule has 0 bridgehead atoms. The number of hydrogen-bond acceptors (Lipinski definition) is 6. The molecule has 0 radical (unpaired) electrons. The molecule has 8 nitrogen and oxygen atoms in total. The third-order valence-corrected chi connectivity index (χ3v) is 5.73. The molecule has 0 atom stereocenters. The van der Waals surface area contributed by atoms with Gasteiger partial charge in [-0.15, -0.1) is 0 Å². The number of methoxy groups -OCH3 is 2. The molecule has 0 spiro atoms. The van der Waals surface area contributed by atoms with Crippen LogP contribution in [0.25, 0.3) is 0 Å². The van der Waals surface area contributed by atoms with Crippen molar-refractivity contribution in [3.63, 3.8) is 0 Å². The lowest BCUT2D eigenvalue weighted by molar-refractivity contribution is 0.0946. The van der Waals surface area contributed by atoms with E-state index in [4.69, 9.17) is 14.2 Å². The van der Waals surface area contributed by atoms with Gasteiger partial charge in [-0.25, -0.2) is 12.7 Å². The Bertz CT molecular complexity index is 911. The van der Waals surface area contributed by atoms with E-state index < -0.39 is 10.0 Å². The first-order valence-electron chi connectivity index (χ1n) is 8.45. The van der Waals surface area contributed by atoms with Gasteiger partial charge in [0.2, 0.25) is 10.0 Å². The van der Waals surface area contributed by atoms with Crippen molar-refractivity contribution in [1.82, 2.24) is 9.62 Å². The summed E-state index contributed by atoms with van der Waals surface area (Å²) in [5, 5.41) is 2.75. The number of rotatable bonds is 9. The number of benzene rings is 2. The summed E-state index contributed by atoms with van der Waals surface area (Å²) in [5.41, 5.74) is 0.441. The van der Waals surface area contributed by atoms with E-state index in [1.54, 1.807) is 30.3 Å². The molecule has 0 aliphatic rings. The highest BCUT2D eigenvalue weighted by Crippen LogP contribution is 2.27. The standard InChI is InChI=1S/C19H24N2O6S/c1-21(2)28(23,24)16-8-6-15(7-9-16)27-12-11-20-19(22)14-5-10-17(25-3)18(13-14)26-4/h5-10,13H,11-12H2,1-4H3,(H,20,22). The van der Waals surface area contributed by atoms with Crippen LogP contribution >= 0.6 is 0 Å². The number of nitrogens with zero attached hydrogens (tertiary/aromatic N) is 1. The van der Waals surface area contributed by atoms with E-state index in [-0.39, 0.29) is 24.0 Å². The molecule has 1 amide bonds. The normalized spacial score (nSPS) is 11.2. The zero-order chi connectivity index (χ0) is 20.7. The lowest BCUT2D eigenvalue weighted by Crippen LogP contribution is -2.28. The molecule has 2 aromatic carbocycles. The van der Waals surface area contributed by atoms with Gasteiger partial charge in [0.1, 0.15) is 12.4 Å². The van der Waals surface area contributed by atoms with Crippen LogP contribution in [0.1, 0.15) is 10.4 Å². The van der Waals surface area contributed by atoms with Crippen LogP contribution in [-0.4, -0.2) is 60.1 Å². The van der Waals surface area contributed by atoms with Crippen molar-refractivity contribution in [1.29, 1.82) is 0 Å². The third-order valence-electron chi connectivity index (χ3n) is 3.90. The van der Waals surface area contributed by atoms with Gasteiger partial charge in [-0.2, -0.15) is 0 Å². The topological polar surface area (TPSA) is 94.2 Å². The van der Waals surface area contributed by atoms with Crippen molar-refractivity contribution in [2.45, 2.75) is 4.90 Å². The summed E-state index contributed by atoms with van der Waals surface area (Å²) in [7, 11) is 2.50. The Kier molecular flexibility index (Phi) is 7.24. The molecule has 28 heavy (non-hydrogen) atoms. The summed E-state index contributed by atoms with van der Waals surface area (Å²) >= 11 is 0. The molecule has 2 rings (SSSR count). The molecule has 0 aliphatic heterocycles. The van der Waals surface area contributed by atoms with Gasteiger partial charge in [0, 0.05) is 19.7 Å². The SMILES string of the molecule is COc1ccc(C(=O)NCCOc2ccc(S(=O)(=O)N(C)C)cc2)cc1OC. The largest absolute Gasteiger partial charge is 0.493 e. The van der Waals surface area contributed by atoms with E-state index in [1.807, 2.05) is 0 Å². The average molecular weight is 408 g/mol. The number of carbonyl (C=O) groups is 1. The molecule has 9 heteroatoms. The van der Waals surface area contributed by atoms with E-state index in [0.29, 0.717) is 22.8 Å². The highest BCUT2D eigenvalue weighted by atomic mass is 32.2. The molecule has 2 aromatic rings. The minimum absolute atomic E-state index is 0.187. The number of amides is 1. The predicted molar refractivity (Wildman–Crippen MR) is 105 cm³/mol. The second-order valence-electron chi connectivity index (χ2n) is 5.93. The third kappa shape index (κ3) is 5.14. The smallest absolute Gasteiger partial charge is 0.251 e. The van der Waals surface area contributed by atoms with Crippen LogP contribution in [0.2, 0.25) is 0 Å². The first-order valence-corrected chi connectivity index (χ1v) is 9.89. The van der Waals surface area contributed by atoms with Gasteiger partial charge in [-0.1, -0.05) is 0 Å². The lowest BCUT2D eigenvalue weighted by Gasteiger charge is -2.12. The van der Waals surface area contributed by atoms with Gasteiger partial charge in [-0.05, 0) is 42.5 Å². The highest BCUT2D eigenvalue weighted by molar-refractivity contribution is 7.89. The maximum absolute atomic E-state index is 12.2. The Labute approximate surface area is 165 Å². The first-order chi connectivity index (χ1) is 13.3. The van der Waals surface area contributed by atoms with Crippen molar-refractivity contribution in [3.05, 3.63) is 48.0 Å². The summed E-state index contributed by atoms with van der Waals surface area (Å²) < 4.78 is 41.0. The maximum Gasteiger partial charge on any atom is 0.251 e. The Morgan fingerprint density at radius 2 is 1.64 bits per heavy atom. The van der Waals surface area contributed by atoms with E-state index in [9.17, 15) is 13.2 Å². The van der Waals surface area contributed by atoms with Gasteiger partial charge in [0.15, 0.2) is 11.5 Å². The highest BCUT2D eigenvalue weighted by Gasteiger charge is 2.16. The van der Waals surface area contributed by atoms with Crippen LogP contribution < -0.4 is 19.5 Å². The number of carbonyl (C=O) groups excluding carboxylic acids is 1. The van der Waals surface area contributed by atoms with E-state index in [2.05, 4.69) is 5.32 Å². The van der Waals surface area contributed by atoms with Crippen LogP contribution in [-0.2, 0) is 10.0 Å². The summed E-state index contributed by atoms with van der Waals surface area (Å²) in [6.07, 6.45) is 0. The quantitative estimate of drug-likeness (QED) is 0.636. The zero-order valence-electron chi connectivity index (χ0n) is 16.3. The predicted octanol–water partition coefficient (Wildman–Crippen LogP) is 1.76.